The van der Waals surface area contributed by atoms with Crippen LogP contribution in [0.3, 0.4) is 0 Å². The lowest BCUT2D eigenvalue weighted by Gasteiger charge is -2.19. The Hall–Kier alpha value is -2.02. The molecule has 0 aromatic heterocycles. The highest BCUT2D eigenvalue weighted by atomic mass is 32.2. The van der Waals surface area contributed by atoms with Crippen LogP contribution in [0.5, 0.6) is 11.5 Å². The molecule has 1 aliphatic rings. The van der Waals surface area contributed by atoms with Gasteiger partial charge in [-0.3, -0.25) is 14.8 Å². The third-order valence-electron chi connectivity index (χ3n) is 3.14. The Labute approximate surface area is 146 Å². The minimum absolute atomic E-state index is 0.0502. The number of nitrogens with one attached hydrogen (secondary N) is 1. The Morgan fingerprint density at radius 3 is 2.54 bits per heavy atom. The molecule has 1 heterocycles. The van der Waals surface area contributed by atoms with Gasteiger partial charge < -0.3 is 14.8 Å². The molecule has 1 aromatic rings. The molecule has 0 saturated carbocycles. The van der Waals surface area contributed by atoms with E-state index in [1.165, 1.54) is 18.7 Å². The number of amidine groups is 2. The van der Waals surface area contributed by atoms with Crippen LogP contribution in [0, 0.1) is 0 Å². The van der Waals surface area contributed by atoms with E-state index in [0.717, 1.165) is 33.8 Å². The zero-order chi connectivity index (χ0) is 17.4. The lowest BCUT2D eigenvalue weighted by Crippen LogP contribution is -2.39. The molecule has 1 aromatic carbocycles. The highest BCUT2D eigenvalue weighted by molar-refractivity contribution is 8.29. The number of benzene rings is 1. The van der Waals surface area contributed by atoms with E-state index < -0.39 is 0 Å². The first-order valence-electron chi connectivity index (χ1n) is 8.04. The van der Waals surface area contributed by atoms with Gasteiger partial charge in [-0.25, -0.2) is 0 Å². The van der Waals surface area contributed by atoms with Crippen LogP contribution in [-0.2, 0) is 11.2 Å². The van der Waals surface area contributed by atoms with E-state index in [-0.39, 0.29) is 12.3 Å². The number of thioether (sulfide) groups is 1. The maximum Gasteiger partial charge on any atom is 0.170 e. The van der Waals surface area contributed by atoms with Crippen LogP contribution in [0.1, 0.15) is 26.3 Å². The quantitative estimate of drug-likeness (QED) is 0.742. The number of hydrogen-bond acceptors (Lipinski definition) is 6. The fourth-order valence-corrected chi connectivity index (χ4v) is 2.69. The second-order valence-electron chi connectivity index (χ2n) is 5.12. The summed E-state index contributed by atoms with van der Waals surface area (Å²) in [5, 5.41) is 4.63. The van der Waals surface area contributed by atoms with Crippen molar-refractivity contribution in [3.63, 3.8) is 0 Å². The summed E-state index contributed by atoms with van der Waals surface area (Å²) in [4.78, 5) is 19.4. The van der Waals surface area contributed by atoms with E-state index in [2.05, 4.69) is 15.3 Å². The van der Waals surface area contributed by atoms with Crippen LogP contribution >= 0.6 is 11.8 Å². The van der Waals surface area contributed by atoms with Crippen LogP contribution in [0.2, 0.25) is 0 Å². The van der Waals surface area contributed by atoms with Gasteiger partial charge in [-0.1, -0.05) is 6.07 Å². The molecule has 0 aliphatic carbocycles. The second-order valence-corrected chi connectivity index (χ2v) is 6.10. The van der Waals surface area contributed by atoms with Crippen molar-refractivity contribution < 1.29 is 14.3 Å². The third-order valence-corrected chi connectivity index (χ3v) is 3.99. The molecule has 130 valence electrons. The highest BCUT2D eigenvalue weighted by Crippen LogP contribution is 2.26. The van der Waals surface area contributed by atoms with Gasteiger partial charge in [0.1, 0.15) is 18.0 Å². The van der Waals surface area contributed by atoms with E-state index in [0.29, 0.717) is 19.8 Å². The van der Waals surface area contributed by atoms with Crippen molar-refractivity contribution in [3.05, 3.63) is 23.8 Å². The van der Waals surface area contributed by atoms with Crippen molar-refractivity contribution in [1.82, 2.24) is 5.32 Å². The molecular formula is C17H23N3O3S. The van der Waals surface area contributed by atoms with Crippen LogP contribution in [-0.4, -0.2) is 42.4 Å². The van der Waals surface area contributed by atoms with Gasteiger partial charge in [0.05, 0.1) is 13.2 Å². The average molecular weight is 349 g/mol. The van der Waals surface area contributed by atoms with E-state index in [1.807, 2.05) is 32.0 Å². The molecule has 6 nitrogen and oxygen atoms in total. The molecule has 0 bridgehead atoms. The van der Waals surface area contributed by atoms with Gasteiger partial charge in [-0.2, -0.15) is 0 Å². The van der Waals surface area contributed by atoms with Crippen molar-refractivity contribution in [2.24, 2.45) is 9.98 Å². The van der Waals surface area contributed by atoms with Gasteiger partial charge in [0, 0.05) is 12.6 Å². The summed E-state index contributed by atoms with van der Waals surface area (Å²) in [6, 6.07) is 5.91. The first kappa shape index (κ1) is 18.3. The Morgan fingerprint density at radius 1 is 1.17 bits per heavy atom. The number of aliphatic imine (C=N–C) groups is 2. The average Bonchev–Trinajstić information content (AvgIpc) is 2.50. The monoisotopic (exact) mass is 349 g/mol. The normalized spacial score (nSPS) is 16.6. The number of ether oxygens (including phenoxy) is 2. The molecule has 0 atom stereocenters. The van der Waals surface area contributed by atoms with Crippen molar-refractivity contribution >= 4 is 27.9 Å². The summed E-state index contributed by atoms with van der Waals surface area (Å²) in [6.45, 7) is 7.57. The largest absolute Gasteiger partial charge is 0.494 e. The van der Waals surface area contributed by atoms with Gasteiger partial charge in [-0.15, -0.1) is 0 Å². The zero-order valence-electron chi connectivity index (χ0n) is 14.3. The lowest BCUT2D eigenvalue weighted by atomic mass is 10.1. The second kappa shape index (κ2) is 9.32. The molecule has 1 N–H and O–H groups in total. The Kier molecular flexibility index (Phi) is 7.11. The van der Waals surface area contributed by atoms with E-state index in [4.69, 9.17) is 9.47 Å². The predicted octanol–water partition coefficient (Wildman–Crippen LogP) is 2.66. The molecule has 1 aliphatic heterocycles. The lowest BCUT2D eigenvalue weighted by molar-refractivity contribution is -0.115. The Bertz CT molecular complexity index is 634. The van der Waals surface area contributed by atoms with Gasteiger partial charge in [0.25, 0.3) is 0 Å². The summed E-state index contributed by atoms with van der Waals surface area (Å²) in [5.41, 5.74) is 1.11. The topological polar surface area (TPSA) is 72.3 Å². The first-order chi connectivity index (χ1) is 11.6. The molecule has 0 spiro atoms. The zero-order valence-corrected chi connectivity index (χ0v) is 15.1. The van der Waals surface area contributed by atoms with E-state index in [1.54, 1.807) is 0 Å². The van der Waals surface area contributed by atoms with Gasteiger partial charge in [-0.05, 0) is 50.6 Å². The third kappa shape index (κ3) is 5.56. The van der Waals surface area contributed by atoms with Crippen molar-refractivity contribution in [1.29, 1.82) is 0 Å². The minimum Gasteiger partial charge on any atom is -0.494 e. The van der Waals surface area contributed by atoms with Gasteiger partial charge >= 0.3 is 0 Å². The van der Waals surface area contributed by atoms with Crippen LogP contribution in [0.15, 0.2) is 28.2 Å². The molecule has 24 heavy (non-hydrogen) atoms. The number of nitrogens with zero attached hydrogens (tertiary/aromatic N) is 2. The molecule has 2 rings (SSSR count). The number of ketones is 1. The van der Waals surface area contributed by atoms with Crippen LogP contribution < -0.4 is 14.8 Å². The number of Topliss-reactive ketones (excluding diaryl/α,β-unsaturated/α-hetero) is 1. The Balaban J connectivity index is 1.87. The van der Waals surface area contributed by atoms with Gasteiger partial charge in [0.2, 0.25) is 0 Å². The Morgan fingerprint density at radius 2 is 1.88 bits per heavy atom. The summed E-state index contributed by atoms with van der Waals surface area (Å²) in [5.74, 6) is 1.72. The molecule has 0 amide bonds. The first-order valence-corrected chi connectivity index (χ1v) is 8.85. The predicted molar refractivity (Wildman–Crippen MR) is 98.5 cm³/mol. The maximum atomic E-state index is 10.9. The minimum atomic E-state index is 0.0502. The van der Waals surface area contributed by atoms with E-state index >= 15 is 0 Å². The molecule has 1 saturated heterocycles. The molecule has 0 radical (unpaired) electrons. The summed E-state index contributed by atoms with van der Waals surface area (Å²) >= 11 is 1.46. The fraction of sp³-hybridized carbons (Fsp3) is 0.471. The van der Waals surface area contributed by atoms with Crippen LogP contribution in [0.4, 0.5) is 0 Å². The SMILES string of the molecule is CCOc1ccc(CCN=C2NC(=NCC(C)=O)S2)c(OCC)c1. The van der Waals surface area contributed by atoms with Crippen molar-refractivity contribution in [3.8, 4) is 11.5 Å². The number of rotatable bonds is 9. The molecular weight excluding hydrogens is 326 g/mol. The molecule has 0 unspecified atom stereocenters. The standard InChI is InChI=1S/C17H23N3O3S/c1-4-22-14-7-6-13(15(10-14)23-5-2)8-9-18-16-20-17(24-16)19-11-12(3)21/h6-7,10H,4-5,8-9,11H2,1-3H3,(H,18,19,20). The summed E-state index contributed by atoms with van der Waals surface area (Å²) < 4.78 is 11.2. The fourth-order valence-electron chi connectivity index (χ4n) is 2.08. The summed E-state index contributed by atoms with van der Waals surface area (Å²) in [6.07, 6.45) is 0.785. The number of carbonyl (C=O) groups is 1. The smallest absolute Gasteiger partial charge is 0.170 e. The van der Waals surface area contributed by atoms with Gasteiger partial charge in [0.15, 0.2) is 16.1 Å². The van der Waals surface area contributed by atoms with Crippen LogP contribution in [0.25, 0.3) is 0 Å². The molecule has 7 heteroatoms. The summed E-state index contributed by atoms with van der Waals surface area (Å²) in [7, 11) is 0. The van der Waals surface area contributed by atoms with Crippen molar-refractivity contribution in [2.75, 3.05) is 26.3 Å². The number of hydrogen-bond donors (Lipinski definition) is 1. The number of carbonyl (C=O) groups excluding carboxylic acids is 1. The van der Waals surface area contributed by atoms with Crippen molar-refractivity contribution in [2.45, 2.75) is 27.2 Å². The highest BCUT2D eigenvalue weighted by Gasteiger charge is 2.19. The molecule has 1 fully saturated rings. The maximum absolute atomic E-state index is 10.9. The van der Waals surface area contributed by atoms with E-state index in [9.17, 15) is 4.79 Å².